The van der Waals surface area contributed by atoms with Gasteiger partial charge in [-0.25, -0.2) is 0 Å². The van der Waals surface area contributed by atoms with E-state index in [0.717, 1.165) is 5.56 Å². The van der Waals surface area contributed by atoms with Crippen LogP contribution in [0.3, 0.4) is 0 Å². The Hall–Kier alpha value is -1.89. The van der Waals surface area contributed by atoms with Crippen LogP contribution in [0.25, 0.3) is 0 Å². The van der Waals surface area contributed by atoms with Crippen LogP contribution in [0.4, 0.5) is 0 Å². The molecule has 0 saturated carbocycles. The summed E-state index contributed by atoms with van der Waals surface area (Å²) in [5, 5.41) is 7.95. The van der Waals surface area contributed by atoms with Crippen LogP contribution in [0.1, 0.15) is 21.5 Å². The Bertz CT molecular complexity index is 785. The summed E-state index contributed by atoms with van der Waals surface area (Å²) in [7, 11) is -4.94. The maximum absolute atomic E-state index is 11.6. The van der Waals surface area contributed by atoms with Gasteiger partial charge in [0, 0.05) is 0 Å². The van der Waals surface area contributed by atoms with Gasteiger partial charge < -0.3 is 5.11 Å². The highest BCUT2D eigenvalue weighted by Crippen LogP contribution is 2.31. The quantitative estimate of drug-likeness (QED) is 0.846. The van der Waals surface area contributed by atoms with Crippen molar-refractivity contribution in [2.75, 3.05) is 0 Å². The fraction of sp³-hybridized carbons (Fsp3) is 0.0714. The highest BCUT2D eigenvalue weighted by atomic mass is 35.5. The zero-order valence-electron chi connectivity index (χ0n) is 10.7. The Morgan fingerprint density at radius 2 is 1.71 bits per heavy atom. The largest absolute Gasteiger partial charge is 0.506 e. The number of rotatable bonds is 3. The zero-order chi connectivity index (χ0) is 15.6. The Kier molecular flexibility index (Phi) is 4.32. The van der Waals surface area contributed by atoms with Crippen molar-refractivity contribution in [2.24, 2.45) is 0 Å². The molecule has 0 aliphatic heterocycles. The van der Waals surface area contributed by atoms with Gasteiger partial charge in [-0.15, -0.1) is 0 Å². The lowest BCUT2D eigenvalue weighted by Gasteiger charge is -2.08. The Morgan fingerprint density at radius 3 is 2.29 bits per heavy atom. The maximum atomic E-state index is 11.6. The van der Waals surface area contributed by atoms with Gasteiger partial charge in [-0.2, -0.15) is 8.42 Å². The molecule has 0 spiro atoms. The van der Waals surface area contributed by atoms with Crippen LogP contribution in [0.2, 0.25) is 5.02 Å². The topological polar surface area (TPSA) is 91.7 Å². The molecule has 2 rings (SSSR count). The normalized spacial score (nSPS) is 11.3. The molecule has 0 radical (unpaired) electrons. The number of carbonyl (C=O) groups is 1. The molecule has 0 aromatic heterocycles. The number of hydrogen-bond donors (Lipinski definition) is 2. The first kappa shape index (κ1) is 15.5. The van der Waals surface area contributed by atoms with Crippen LogP contribution >= 0.6 is 11.6 Å². The SMILES string of the molecule is O=C(c1cc(Cc2ccccc2)cc(Cl)c1O)S(=O)(=O)O. The minimum absolute atomic E-state index is 0.157. The molecule has 0 atom stereocenters. The average Bonchev–Trinajstić information content (AvgIpc) is 2.42. The second-order valence-corrected chi connectivity index (χ2v) is 6.13. The molecule has 2 aromatic rings. The molecule has 0 aliphatic rings. The van der Waals surface area contributed by atoms with Crippen molar-refractivity contribution in [1.29, 1.82) is 0 Å². The van der Waals surface area contributed by atoms with Crippen LogP contribution in [0, 0.1) is 0 Å². The number of aromatic hydroxyl groups is 1. The summed E-state index contributed by atoms with van der Waals surface area (Å²) in [6, 6.07) is 11.9. The zero-order valence-corrected chi connectivity index (χ0v) is 12.2. The lowest BCUT2D eigenvalue weighted by atomic mass is 10.0. The predicted molar refractivity (Wildman–Crippen MR) is 78.2 cm³/mol. The van der Waals surface area contributed by atoms with Gasteiger partial charge in [0.25, 0.3) is 0 Å². The molecule has 0 aliphatic carbocycles. The van der Waals surface area contributed by atoms with Crippen LogP contribution in [-0.4, -0.2) is 23.2 Å². The summed E-state index contributed by atoms with van der Waals surface area (Å²) in [6.45, 7) is 0. The molecule has 21 heavy (non-hydrogen) atoms. The molecular formula is C14H11ClO5S. The third-order valence-electron chi connectivity index (χ3n) is 2.83. The van der Waals surface area contributed by atoms with Gasteiger partial charge in [-0.05, 0) is 29.7 Å². The van der Waals surface area contributed by atoms with Crippen molar-refractivity contribution in [2.45, 2.75) is 6.42 Å². The molecule has 0 heterocycles. The van der Waals surface area contributed by atoms with Gasteiger partial charge in [0.1, 0.15) is 5.75 Å². The summed E-state index contributed by atoms with van der Waals surface area (Å²) < 4.78 is 30.6. The molecule has 0 fully saturated rings. The lowest BCUT2D eigenvalue weighted by Crippen LogP contribution is -2.14. The first-order chi connectivity index (χ1) is 9.79. The Labute approximate surface area is 126 Å². The second kappa shape index (κ2) is 5.85. The minimum Gasteiger partial charge on any atom is -0.506 e. The van der Waals surface area contributed by atoms with E-state index < -0.39 is 26.5 Å². The van der Waals surface area contributed by atoms with Crippen molar-refractivity contribution in [1.82, 2.24) is 0 Å². The van der Waals surface area contributed by atoms with Gasteiger partial charge in [-0.1, -0.05) is 41.9 Å². The van der Waals surface area contributed by atoms with E-state index >= 15 is 0 Å². The number of carbonyl (C=O) groups excluding carboxylic acids is 1. The van der Waals surface area contributed by atoms with E-state index in [1.807, 2.05) is 30.3 Å². The average molecular weight is 327 g/mol. The summed E-state index contributed by atoms with van der Waals surface area (Å²) in [4.78, 5) is 11.6. The van der Waals surface area contributed by atoms with E-state index in [-0.39, 0.29) is 5.02 Å². The number of halogens is 1. The standard InChI is InChI=1S/C14H11ClO5S/c15-12-8-10(6-9-4-2-1-3-5-9)7-11(13(12)16)14(17)21(18,19)20/h1-5,7-8,16H,6H2,(H,18,19,20). The first-order valence-corrected chi connectivity index (χ1v) is 7.68. The van der Waals surface area contributed by atoms with E-state index in [0.29, 0.717) is 12.0 Å². The van der Waals surface area contributed by atoms with E-state index in [1.54, 1.807) is 0 Å². The van der Waals surface area contributed by atoms with Crippen molar-refractivity contribution < 1.29 is 22.9 Å². The highest BCUT2D eigenvalue weighted by molar-refractivity contribution is 8.01. The summed E-state index contributed by atoms with van der Waals surface area (Å²) in [5.74, 6) is -0.670. The number of benzene rings is 2. The summed E-state index contributed by atoms with van der Waals surface area (Å²) >= 11 is 5.80. The molecule has 2 N–H and O–H groups in total. The predicted octanol–water partition coefficient (Wildman–Crippen LogP) is 2.66. The van der Waals surface area contributed by atoms with Crippen LogP contribution in [0.15, 0.2) is 42.5 Å². The third-order valence-corrected chi connectivity index (χ3v) is 3.81. The van der Waals surface area contributed by atoms with Crippen LogP contribution in [-0.2, 0) is 16.5 Å². The monoisotopic (exact) mass is 326 g/mol. The fourth-order valence-corrected chi connectivity index (χ4v) is 2.56. The third kappa shape index (κ3) is 3.60. The van der Waals surface area contributed by atoms with E-state index in [9.17, 15) is 18.3 Å². The molecule has 110 valence electrons. The molecule has 5 nitrogen and oxygen atoms in total. The Morgan fingerprint density at radius 1 is 1.10 bits per heavy atom. The van der Waals surface area contributed by atoms with E-state index in [4.69, 9.17) is 16.2 Å². The Balaban J connectivity index is 2.46. The first-order valence-electron chi connectivity index (χ1n) is 5.86. The van der Waals surface area contributed by atoms with Crippen molar-refractivity contribution in [3.05, 3.63) is 64.2 Å². The van der Waals surface area contributed by atoms with E-state index in [2.05, 4.69) is 0 Å². The van der Waals surface area contributed by atoms with Gasteiger partial charge in [-0.3, -0.25) is 9.35 Å². The van der Waals surface area contributed by atoms with Crippen LogP contribution < -0.4 is 0 Å². The van der Waals surface area contributed by atoms with Crippen molar-refractivity contribution in [3.8, 4) is 5.75 Å². The minimum atomic E-state index is -4.94. The lowest BCUT2D eigenvalue weighted by molar-refractivity contribution is 0.106. The smallest absolute Gasteiger partial charge is 0.333 e. The highest BCUT2D eigenvalue weighted by Gasteiger charge is 2.25. The second-order valence-electron chi connectivity index (χ2n) is 4.40. The summed E-state index contributed by atoms with van der Waals surface area (Å²) in [6.07, 6.45) is 0.395. The molecule has 0 unspecified atom stereocenters. The van der Waals surface area contributed by atoms with Crippen molar-refractivity contribution in [3.63, 3.8) is 0 Å². The molecule has 0 amide bonds. The fourth-order valence-electron chi connectivity index (χ4n) is 1.88. The van der Waals surface area contributed by atoms with Gasteiger partial charge in [0.05, 0.1) is 10.6 Å². The van der Waals surface area contributed by atoms with Gasteiger partial charge in [0.2, 0.25) is 0 Å². The molecule has 2 aromatic carbocycles. The number of phenolic OH excluding ortho intramolecular Hbond substituents is 1. The molecule has 0 bridgehead atoms. The van der Waals surface area contributed by atoms with Gasteiger partial charge >= 0.3 is 15.2 Å². The van der Waals surface area contributed by atoms with Crippen LogP contribution in [0.5, 0.6) is 5.75 Å². The molecule has 7 heteroatoms. The number of hydrogen-bond acceptors (Lipinski definition) is 4. The molecular weight excluding hydrogens is 316 g/mol. The summed E-state index contributed by atoms with van der Waals surface area (Å²) in [5.41, 5.74) is 0.913. The van der Waals surface area contributed by atoms with Gasteiger partial charge in [0.15, 0.2) is 0 Å². The molecule has 0 saturated heterocycles. The van der Waals surface area contributed by atoms with E-state index in [1.165, 1.54) is 12.1 Å². The maximum Gasteiger partial charge on any atom is 0.333 e. The number of phenols is 1. The van der Waals surface area contributed by atoms with Crippen molar-refractivity contribution >= 4 is 26.8 Å².